The highest BCUT2D eigenvalue weighted by molar-refractivity contribution is 5.79. The van der Waals surface area contributed by atoms with Gasteiger partial charge in [-0.05, 0) is 47.9 Å². The molecule has 34 heavy (non-hydrogen) atoms. The number of amides is 2. The number of carbonyl (C=O) groups is 3. The standard InChI is InChI=1S/C27H32N2O5/c1-17(14-25(30)28-15-18-8-2-3-9-19(18)26(31)32)29-27(33)34-16-24-22-12-6-4-10-20(22)21-11-5-7-13-23(21)24/h4-7,10-13,17-19,24H,2-3,8-9,14-16H2,1H3,(H,28,30)(H,29,33)(H,31,32)/t17-,18+,19+/m0/s1. The lowest BCUT2D eigenvalue weighted by molar-refractivity contribution is -0.145. The molecular weight excluding hydrogens is 432 g/mol. The minimum absolute atomic E-state index is 0.0190. The summed E-state index contributed by atoms with van der Waals surface area (Å²) < 4.78 is 5.54. The number of carbonyl (C=O) groups excluding carboxylic acids is 2. The van der Waals surface area contributed by atoms with Gasteiger partial charge in [-0.25, -0.2) is 4.79 Å². The van der Waals surface area contributed by atoms with Crippen molar-refractivity contribution in [1.82, 2.24) is 10.6 Å². The van der Waals surface area contributed by atoms with E-state index in [2.05, 4.69) is 34.9 Å². The molecule has 7 heteroatoms. The van der Waals surface area contributed by atoms with Gasteiger partial charge in [-0.1, -0.05) is 61.4 Å². The van der Waals surface area contributed by atoms with Crippen molar-refractivity contribution in [1.29, 1.82) is 0 Å². The second kappa shape index (κ2) is 10.7. The smallest absolute Gasteiger partial charge is 0.407 e. The van der Waals surface area contributed by atoms with E-state index >= 15 is 0 Å². The lowest BCUT2D eigenvalue weighted by Gasteiger charge is -2.28. The molecule has 4 rings (SSSR count). The molecular formula is C27H32N2O5. The van der Waals surface area contributed by atoms with Crippen LogP contribution in [0.4, 0.5) is 4.79 Å². The van der Waals surface area contributed by atoms with Gasteiger partial charge >= 0.3 is 12.1 Å². The maximum Gasteiger partial charge on any atom is 0.407 e. The average Bonchev–Trinajstić information content (AvgIpc) is 3.15. The first-order valence-electron chi connectivity index (χ1n) is 12.0. The molecule has 2 aliphatic carbocycles. The molecule has 3 N–H and O–H groups in total. The molecule has 3 atom stereocenters. The fourth-order valence-corrected chi connectivity index (χ4v) is 5.26. The fourth-order valence-electron chi connectivity index (χ4n) is 5.26. The number of hydrogen-bond acceptors (Lipinski definition) is 4. The van der Waals surface area contributed by atoms with E-state index in [0.29, 0.717) is 13.0 Å². The Morgan fingerprint density at radius 2 is 1.62 bits per heavy atom. The van der Waals surface area contributed by atoms with Gasteiger partial charge in [0.2, 0.25) is 5.91 Å². The number of rotatable bonds is 8. The van der Waals surface area contributed by atoms with E-state index in [0.717, 1.165) is 30.4 Å². The number of alkyl carbamates (subject to hydrolysis) is 1. The molecule has 2 aromatic rings. The van der Waals surface area contributed by atoms with Crippen LogP contribution >= 0.6 is 0 Å². The molecule has 2 aromatic carbocycles. The van der Waals surface area contributed by atoms with Gasteiger partial charge in [0.25, 0.3) is 0 Å². The van der Waals surface area contributed by atoms with Gasteiger partial charge in [-0.15, -0.1) is 0 Å². The second-order valence-electron chi connectivity index (χ2n) is 9.37. The Hall–Kier alpha value is -3.35. The third-order valence-electron chi connectivity index (χ3n) is 6.99. The number of benzene rings is 2. The third kappa shape index (κ3) is 5.41. The van der Waals surface area contributed by atoms with Crippen LogP contribution in [0.5, 0.6) is 0 Å². The zero-order chi connectivity index (χ0) is 24.1. The highest BCUT2D eigenvalue weighted by atomic mass is 16.5. The minimum atomic E-state index is -0.788. The Morgan fingerprint density at radius 1 is 1.00 bits per heavy atom. The molecule has 0 aliphatic heterocycles. The van der Waals surface area contributed by atoms with Gasteiger partial charge in [0.1, 0.15) is 6.61 Å². The molecule has 0 heterocycles. The summed E-state index contributed by atoms with van der Waals surface area (Å²) in [6, 6.07) is 15.9. The van der Waals surface area contributed by atoms with Crippen molar-refractivity contribution in [3.05, 3.63) is 59.7 Å². The van der Waals surface area contributed by atoms with Crippen LogP contribution in [-0.4, -0.2) is 42.3 Å². The quantitative estimate of drug-likeness (QED) is 0.540. The Bertz CT molecular complexity index is 1010. The summed E-state index contributed by atoms with van der Waals surface area (Å²) in [6.45, 7) is 2.33. The van der Waals surface area contributed by atoms with Crippen molar-refractivity contribution >= 4 is 18.0 Å². The fraction of sp³-hybridized carbons (Fsp3) is 0.444. The number of carboxylic acid groups (broad SMARTS) is 1. The van der Waals surface area contributed by atoms with Crippen LogP contribution in [0.2, 0.25) is 0 Å². The molecule has 1 fully saturated rings. The van der Waals surface area contributed by atoms with E-state index in [1.165, 1.54) is 11.1 Å². The zero-order valence-electron chi connectivity index (χ0n) is 19.5. The van der Waals surface area contributed by atoms with Crippen LogP contribution in [0.15, 0.2) is 48.5 Å². The zero-order valence-corrected chi connectivity index (χ0v) is 19.5. The van der Waals surface area contributed by atoms with Crippen molar-refractivity contribution < 1.29 is 24.2 Å². The first kappa shape index (κ1) is 23.8. The summed E-state index contributed by atoms with van der Waals surface area (Å²) in [6.07, 6.45) is 2.93. The molecule has 0 saturated heterocycles. The van der Waals surface area contributed by atoms with Crippen LogP contribution in [0.3, 0.4) is 0 Å². The SMILES string of the molecule is C[C@@H](CC(=O)NC[C@H]1CCCC[C@H]1C(=O)O)NC(=O)OCC1c2ccccc2-c2ccccc21. The maximum atomic E-state index is 12.4. The van der Waals surface area contributed by atoms with E-state index in [1.807, 2.05) is 24.3 Å². The molecule has 0 radical (unpaired) electrons. The monoisotopic (exact) mass is 464 g/mol. The van der Waals surface area contributed by atoms with Crippen molar-refractivity contribution in [3.8, 4) is 11.1 Å². The number of fused-ring (bicyclic) bond motifs is 3. The Balaban J connectivity index is 1.24. The van der Waals surface area contributed by atoms with Gasteiger partial charge in [-0.2, -0.15) is 0 Å². The lowest BCUT2D eigenvalue weighted by atomic mass is 9.79. The predicted octanol–water partition coefficient (Wildman–Crippen LogP) is 4.31. The lowest BCUT2D eigenvalue weighted by Crippen LogP contribution is -2.41. The third-order valence-corrected chi connectivity index (χ3v) is 6.99. The van der Waals surface area contributed by atoms with Crippen LogP contribution in [0, 0.1) is 11.8 Å². The molecule has 7 nitrogen and oxygen atoms in total. The van der Waals surface area contributed by atoms with Crippen molar-refractivity contribution in [2.75, 3.05) is 13.2 Å². The number of ether oxygens (including phenoxy) is 1. The normalized spacial score (nSPS) is 20.0. The molecule has 1 saturated carbocycles. The van der Waals surface area contributed by atoms with E-state index in [4.69, 9.17) is 4.74 Å². The van der Waals surface area contributed by atoms with Crippen molar-refractivity contribution in [2.24, 2.45) is 11.8 Å². The second-order valence-corrected chi connectivity index (χ2v) is 9.37. The minimum Gasteiger partial charge on any atom is -0.481 e. The summed E-state index contributed by atoms with van der Waals surface area (Å²) in [4.78, 5) is 36.2. The van der Waals surface area contributed by atoms with Gasteiger partial charge in [0.15, 0.2) is 0 Å². The summed E-state index contributed by atoms with van der Waals surface area (Å²) in [5.41, 5.74) is 4.62. The maximum absolute atomic E-state index is 12.4. The largest absolute Gasteiger partial charge is 0.481 e. The van der Waals surface area contributed by atoms with Crippen LogP contribution < -0.4 is 10.6 Å². The van der Waals surface area contributed by atoms with E-state index in [-0.39, 0.29) is 30.8 Å². The Labute approximate surface area is 199 Å². The number of nitrogens with one attached hydrogen (secondary N) is 2. The van der Waals surface area contributed by atoms with Crippen LogP contribution in [-0.2, 0) is 14.3 Å². The summed E-state index contributed by atoms with van der Waals surface area (Å²) in [5, 5.41) is 15.0. The first-order chi connectivity index (χ1) is 16.4. The highest BCUT2D eigenvalue weighted by Gasteiger charge is 2.31. The predicted molar refractivity (Wildman–Crippen MR) is 128 cm³/mol. The van der Waals surface area contributed by atoms with Gasteiger partial charge in [0, 0.05) is 24.9 Å². The number of hydrogen-bond donors (Lipinski definition) is 3. The van der Waals surface area contributed by atoms with Crippen LogP contribution in [0.25, 0.3) is 11.1 Å². The summed E-state index contributed by atoms with van der Waals surface area (Å²) >= 11 is 0. The van der Waals surface area contributed by atoms with E-state index in [1.54, 1.807) is 6.92 Å². The molecule has 0 spiro atoms. The first-order valence-corrected chi connectivity index (χ1v) is 12.0. The molecule has 0 unspecified atom stereocenters. The van der Waals surface area contributed by atoms with E-state index in [9.17, 15) is 19.5 Å². The van der Waals surface area contributed by atoms with E-state index < -0.39 is 24.0 Å². The molecule has 0 aromatic heterocycles. The Kier molecular flexibility index (Phi) is 7.50. The van der Waals surface area contributed by atoms with Crippen molar-refractivity contribution in [2.45, 2.75) is 51.0 Å². The molecule has 180 valence electrons. The molecule has 2 amide bonds. The Morgan fingerprint density at radius 3 is 2.26 bits per heavy atom. The van der Waals surface area contributed by atoms with Gasteiger partial charge in [-0.3, -0.25) is 9.59 Å². The molecule has 2 aliphatic rings. The average molecular weight is 465 g/mol. The summed E-state index contributed by atoms with van der Waals surface area (Å²) in [5.74, 6) is -1.45. The molecule has 0 bridgehead atoms. The van der Waals surface area contributed by atoms with Crippen molar-refractivity contribution in [3.63, 3.8) is 0 Å². The van der Waals surface area contributed by atoms with Gasteiger partial charge < -0.3 is 20.5 Å². The summed E-state index contributed by atoms with van der Waals surface area (Å²) in [7, 11) is 0. The topological polar surface area (TPSA) is 105 Å². The number of aliphatic carboxylic acids is 1. The highest BCUT2D eigenvalue weighted by Crippen LogP contribution is 2.44. The number of carboxylic acids is 1. The van der Waals surface area contributed by atoms with Gasteiger partial charge in [0.05, 0.1) is 5.92 Å². The van der Waals surface area contributed by atoms with Crippen LogP contribution in [0.1, 0.15) is 56.1 Å².